The molecule has 4 aromatic rings. The molecule has 168 valence electrons. The molecular formula is C26H26N4O3. The molecule has 33 heavy (non-hydrogen) atoms. The molecule has 0 aliphatic heterocycles. The summed E-state index contributed by atoms with van der Waals surface area (Å²) in [5.74, 6) is -0.482. The first-order valence-corrected chi connectivity index (χ1v) is 10.5. The number of rotatable bonds is 6. The maximum absolute atomic E-state index is 11.9. The van der Waals surface area contributed by atoms with E-state index in [0.29, 0.717) is 33.7 Å². The minimum atomic E-state index is -0.447. The van der Waals surface area contributed by atoms with E-state index in [2.05, 4.69) is 9.88 Å². The molecule has 0 radical (unpaired) electrons. The van der Waals surface area contributed by atoms with Crippen molar-refractivity contribution in [3.05, 3.63) is 89.0 Å². The number of aromatic amines is 1. The molecule has 1 heterocycles. The number of aliphatic imine (C=N–C) groups is 1. The molecule has 7 nitrogen and oxygen atoms in total. The number of aromatic hydroxyl groups is 1. The monoisotopic (exact) mass is 442 g/mol. The second-order valence-electron chi connectivity index (χ2n) is 8.05. The highest BCUT2D eigenvalue weighted by Crippen LogP contribution is 2.33. The lowest BCUT2D eigenvalue weighted by Gasteiger charge is -2.13. The summed E-state index contributed by atoms with van der Waals surface area (Å²) in [5, 5.41) is 11.6. The molecule has 4 N–H and O–H groups in total. The van der Waals surface area contributed by atoms with Crippen molar-refractivity contribution in [1.82, 2.24) is 9.88 Å². The summed E-state index contributed by atoms with van der Waals surface area (Å²) in [4.78, 5) is 21.8. The van der Waals surface area contributed by atoms with Crippen LogP contribution in [0.1, 0.15) is 27.0 Å². The van der Waals surface area contributed by atoms with E-state index >= 15 is 0 Å². The third-order valence-corrected chi connectivity index (χ3v) is 5.34. The summed E-state index contributed by atoms with van der Waals surface area (Å²) in [7, 11) is 5.31. The van der Waals surface area contributed by atoms with Gasteiger partial charge in [0.05, 0.1) is 29.6 Å². The Bertz CT molecular complexity index is 1340. The molecule has 0 spiro atoms. The number of H-pyrrole nitrogens is 1. The molecular weight excluding hydrogens is 416 g/mol. The fourth-order valence-electron chi connectivity index (χ4n) is 3.79. The normalized spacial score (nSPS) is 11.8. The summed E-state index contributed by atoms with van der Waals surface area (Å²) >= 11 is 0. The molecule has 0 amide bonds. The van der Waals surface area contributed by atoms with E-state index in [0.717, 1.165) is 23.1 Å². The molecule has 4 rings (SSSR count). The van der Waals surface area contributed by atoms with Crippen LogP contribution in [0.4, 0.5) is 11.4 Å². The Morgan fingerprint density at radius 3 is 2.48 bits per heavy atom. The van der Waals surface area contributed by atoms with Crippen molar-refractivity contribution >= 4 is 34.0 Å². The summed E-state index contributed by atoms with van der Waals surface area (Å²) in [6.07, 6.45) is 0. The Balaban J connectivity index is 1.88. The van der Waals surface area contributed by atoms with Crippen LogP contribution in [-0.4, -0.2) is 47.9 Å². The SMILES string of the molecule is COC(=O)c1ccc2c(C(=Nc3ccc(CN(C)C)c(N)c3)c3ccccc3)c(O)[nH]c2c1. The molecule has 1 aromatic heterocycles. The lowest BCUT2D eigenvalue weighted by molar-refractivity contribution is 0.0601. The predicted octanol–water partition coefficient (Wildman–Crippen LogP) is 4.47. The molecule has 0 aliphatic rings. The first kappa shape index (κ1) is 22.1. The number of nitrogens with two attached hydrogens (primary N) is 1. The summed E-state index contributed by atoms with van der Waals surface area (Å²) in [6.45, 7) is 0.729. The summed E-state index contributed by atoms with van der Waals surface area (Å²) in [5.41, 5.74) is 11.6. The molecule has 0 aliphatic carbocycles. The number of hydrogen-bond donors (Lipinski definition) is 3. The zero-order valence-corrected chi connectivity index (χ0v) is 18.8. The van der Waals surface area contributed by atoms with Crippen LogP contribution < -0.4 is 5.73 Å². The van der Waals surface area contributed by atoms with E-state index in [9.17, 15) is 9.90 Å². The van der Waals surface area contributed by atoms with Crippen molar-refractivity contribution in [2.24, 2.45) is 4.99 Å². The molecule has 0 fully saturated rings. The van der Waals surface area contributed by atoms with Crippen LogP contribution in [0.15, 0.2) is 71.7 Å². The zero-order valence-electron chi connectivity index (χ0n) is 18.8. The average molecular weight is 443 g/mol. The van der Waals surface area contributed by atoms with Crippen LogP contribution in [0.2, 0.25) is 0 Å². The van der Waals surface area contributed by atoms with E-state index in [4.69, 9.17) is 15.5 Å². The topological polar surface area (TPSA) is 104 Å². The maximum Gasteiger partial charge on any atom is 0.337 e. The smallest absolute Gasteiger partial charge is 0.337 e. The van der Waals surface area contributed by atoms with E-state index < -0.39 is 5.97 Å². The standard InChI is InChI=1S/C26H26N4O3/c1-30(2)15-18-9-11-19(14-21(18)27)28-24(16-7-5-4-6-8-16)23-20-12-10-17(26(32)33-3)13-22(20)29-25(23)31/h4-14,29,31H,15,27H2,1-3H3. The van der Waals surface area contributed by atoms with E-state index in [-0.39, 0.29) is 5.88 Å². The first-order chi connectivity index (χ1) is 15.9. The number of carbonyl (C=O) groups excluding carboxylic acids is 1. The Kier molecular flexibility index (Phi) is 6.15. The third-order valence-electron chi connectivity index (χ3n) is 5.34. The van der Waals surface area contributed by atoms with Crippen molar-refractivity contribution in [2.45, 2.75) is 6.54 Å². The Morgan fingerprint density at radius 2 is 1.82 bits per heavy atom. The van der Waals surface area contributed by atoms with Gasteiger partial charge in [0.1, 0.15) is 0 Å². The molecule has 3 aromatic carbocycles. The Hall–Kier alpha value is -4.10. The highest BCUT2D eigenvalue weighted by atomic mass is 16.5. The van der Waals surface area contributed by atoms with Gasteiger partial charge in [-0.2, -0.15) is 0 Å². The van der Waals surface area contributed by atoms with E-state index in [1.54, 1.807) is 18.2 Å². The van der Waals surface area contributed by atoms with Gasteiger partial charge >= 0.3 is 5.97 Å². The van der Waals surface area contributed by atoms with Gasteiger partial charge in [-0.05, 0) is 43.9 Å². The number of methoxy groups -OCH3 is 1. The van der Waals surface area contributed by atoms with Crippen molar-refractivity contribution in [2.75, 3.05) is 26.9 Å². The van der Waals surface area contributed by atoms with Gasteiger partial charge < -0.3 is 25.5 Å². The second-order valence-corrected chi connectivity index (χ2v) is 8.05. The van der Waals surface area contributed by atoms with Gasteiger partial charge in [-0.15, -0.1) is 0 Å². The highest BCUT2D eigenvalue weighted by Gasteiger charge is 2.20. The van der Waals surface area contributed by atoms with Gasteiger partial charge in [-0.3, -0.25) is 0 Å². The van der Waals surface area contributed by atoms with Gasteiger partial charge in [0.2, 0.25) is 0 Å². The number of hydrogen-bond acceptors (Lipinski definition) is 6. The minimum Gasteiger partial charge on any atom is -0.494 e. The molecule has 0 atom stereocenters. The number of esters is 1. The number of anilines is 1. The lowest BCUT2D eigenvalue weighted by Crippen LogP contribution is -2.12. The molecule has 0 bridgehead atoms. The quantitative estimate of drug-likeness (QED) is 0.232. The number of ether oxygens (including phenoxy) is 1. The van der Waals surface area contributed by atoms with Crippen molar-refractivity contribution < 1.29 is 14.6 Å². The van der Waals surface area contributed by atoms with Crippen molar-refractivity contribution in [3.8, 4) is 5.88 Å². The lowest BCUT2D eigenvalue weighted by atomic mass is 10.00. The summed E-state index contributed by atoms with van der Waals surface area (Å²) < 4.78 is 4.81. The zero-order chi connectivity index (χ0) is 23.5. The van der Waals surface area contributed by atoms with Gasteiger partial charge in [-0.25, -0.2) is 9.79 Å². The largest absolute Gasteiger partial charge is 0.494 e. The number of nitrogens with zero attached hydrogens (tertiary/aromatic N) is 2. The van der Waals surface area contributed by atoms with Gasteiger partial charge in [0.25, 0.3) is 0 Å². The molecule has 0 unspecified atom stereocenters. The van der Waals surface area contributed by atoms with Crippen LogP contribution in [0.25, 0.3) is 10.9 Å². The number of carbonyl (C=O) groups is 1. The number of nitrogens with one attached hydrogen (secondary N) is 1. The Morgan fingerprint density at radius 1 is 1.06 bits per heavy atom. The van der Waals surface area contributed by atoms with Crippen LogP contribution in [0.5, 0.6) is 5.88 Å². The van der Waals surface area contributed by atoms with E-state index in [1.165, 1.54) is 7.11 Å². The number of aromatic nitrogens is 1. The molecule has 7 heteroatoms. The third kappa shape index (κ3) is 4.58. The van der Waals surface area contributed by atoms with Crippen LogP contribution in [0, 0.1) is 0 Å². The molecule has 0 saturated heterocycles. The van der Waals surface area contributed by atoms with Gasteiger partial charge in [0, 0.05) is 28.7 Å². The Labute approximate surface area is 192 Å². The average Bonchev–Trinajstić information content (AvgIpc) is 3.13. The fraction of sp³-hybridized carbons (Fsp3) is 0.154. The van der Waals surface area contributed by atoms with E-state index in [1.807, 2.05) is 62.6 Å². The summed E-state index contributed by atoms with van der Waals surface area (Å²) in [6, 6.07) is 20.4. The number of nitrogen functional groups attached to an aromatic ring is 1. The maximum atomic E-state index is 11.9. The van der Waals surface area contributed by atoms with Gasteiger partial charge in [0.15, 0.2) is 5.88 Å². The highest BCUT2D eigenvalue weighted by molar-refractivity contribution is 6.22. The minimum absolute atomic E-state index is 0.0354. The number of benzene rings is 3. The van der Waals surface area contributed by atoms with Crippen LogP contribution in [-0.2, 0) is 11.3 Å². The first-order valence-electron chi connectivity index (χ1n) is 10.5. The van der Waals surface area contributed by atoms with Gasteiger partial charge in [-0.1, -0.05) is 42.5 Å². The second kappa shape index (κ2) is 9.18. The number of fused-ring (bicyclic) bond motifs is 1. The fourth-order valence-corrected chi connectivity index (χ4v) is 3.79. The van der Waals surface area contributed by atoms with Crippen molar-refractivity contribution in [3.63, 3.8) is 0 Å². The molecule has 0 saturated carbocycles. The van der Waals surface area contributed by atoms with Crippen LogP contribution in [0.3, 0.4) is 0 Å². The predicted molar refractivity (Wildman–Crippen MR) is 131 cm³/mol. The van der Waals surface area contributed by atoms with Crippen LogP contribution >= 0.6 is 0 Å². The van der Waals surface area contributed by atoms with Crippen molar-refractivity contribution in [1.29, 1.82) is 0 Å².